The summed E-state index contributed by atoms with van der Waals surface area (Å²) in [5.41, 5.74) is 2.51. The van der Waals surface area contributed by atoms with Gasteiger partial charge in [-0.1, -0.05) is 57.4 Å². The number of sulfone groups is 1. The maximum Gasteiger partial charge on any atom is 0.224 e. The van der Waals surface area contributed by atoms with Crippen LogP contribution in [0, 0.1) is 11.8 Å². The van der Waals surface area contributed by atoms with Gasteiger partial charge in [0, 0.05) is 0 Å². The second kappa shape index (κ2) is 8.12. The van der Waals surface area contributed by atoms with E-state index in [-0.39, 0.29) is 29.4 Å². The molecule has 5 heteroatoms. The molecule has 2 fully saturated rings. The van der Waals surface area contributed by atoms with Gasteiger partial charge in [-0.2, -0.15) is 0 Å². The number of hydrogen-bond donors (Lipinski definition) is 1. The number of benzene rings is 1. The Balaban J connectivity index is 1.68. The van der Waals surface area contributed by atoms with Crippen molar-refractivity contribution in [3.63, 3.8) is 0 Å². The topological polar surface area (TPSA) is 63.2 Å². The molecule has 1 aromatic carbocycles. The Bertz CT molecular complexity index is 718. The summed E-state index contributed by atoms with van der Waals surface area (Å²) in [6.45, 7) is 4.18. The maximum absolute atomic E-state index is 12.6. The highest BCUT2D eigenvalue weighted by Crippen LogP contribution is 2.33. The zero-order valence-corrected chi connectivity index (χ0v) is 16.7. The van der Waals surface area contributed by atoms with E-state index in [1.54, 1.807) is 0 Å². The molecule has 144 valence electrons. The van der Waals surface area contributed by atoms with E-state index >= 15 is 0 Å². The lowest BCUT2D eigenvalue weighted by molar-refractivity contribution is -0.125. The van der Waals surface area contributed by atoms with Gasteiger partial charge in [0.1, 0.15) is 0 Å². The van der Waals surface area contributed by atoms with Crippen LogP contribution in [0.1, 0.15) is 75.5 Å². The van der Waals surface area contributed by atoms with Crippen LogP contribution in [0.3, 0.4) is 0 Å². The fourth-order valence-electron chi connectivity index (χ4n) is 4.32. The van der Waals surface area contributed by atoms with Crippen LogP contribution in [0.2, 0.25) is 0 Å². The lowest BCUT2D eigenvalue weighted by Crippen LogP contribution is -2.36. The van der Waals surface area contributed by atoms with E-state index in [1.807, 2.05) is 0 Å². The molecule has 1 N–H and O–H groups in total. The molecular formula is C21H31NO3S. The Hall–Kier alpha value is -1.36. The fraction of sp³-hybridized carbons (Fsp3) is 0.667. The molecule has 0 bridgehead atoms. The van der Waals surface area contributed by atoms with Crippen LogP contribution < -0.4 is 5.32 Å². The van der Waals surface area contributed by atoms with Crippen LogP contribution in [-0.4, -0.2) is 25.8 Å². The molecule has 26 heavy (non-hydrogen) atoms. The van der Waals surface area contributed by atoms with E-state index in [0.717, 1.165) is 5.56 Å². The summed E-state index contributed by atoms with van der Waals surface area (Å²) in [7, 11) is -3.04. The first-order valence-corrected chi connectivity index (χ1v) is 11.8. The minimum atomic E-state index is -3.04. The third kappa shape index (κ3) is 4.67. The van der Waals surface area contributed by atoms with Gasteiger partial charge in [-0.05, 0) is 42.2 Å². The first-order valence-electron chi connectivity index (χ1n) is 9.96. The van der Waals surface area contributed by atoms with Gasteiger partial charge in [0.15, 0.2) is 9.84 Å². The van der Waals surface area contributed by atoms with Gasteiger partial charge >= 0.3 is 0 Å². The van der Waals surface area contributed by atoms with Crippen molar-refractivity contribution in [3.05, 3.63) is 35.4 Å². The van der Waals surface area contributed by atoms with Gasteiger partial charge in [-0.15, -0.1) is 0 Å². The van der Waals surface area contributed by atoms with Crippen LogP contribution in [0.25, 0.3) is 0 Å². The monoisotopic (exact) mass is 377 g/mol. The second-order valence-corrected chi connectivity index (χ2v) is 10.6. The largest absolute Gasteiger partial charge is 0.349 e. The zero-order chi connectivity index (χ0) is 18.7. The minimum Gasteiger partial charge on any atom is -0.349 e. The summed E-state index contributed by atoms with van der Waals surface area (Å²) in [6, 6.07) is 8.63. The van der Waals surface area contributed by atoms with E-state index in [9.17, 15) is 13.2 Å². The Labute approximate surface area is 157 Å². The molecule has 0 radical (unpaired) electrons. The molecule has 4 nitrogen and oxygen atoms in total. The van der Waals surface area contributed by atoms with Crippen LogP contribution in [-0.2, 0) is 14.6 Å². The number of hydrogen-bond acceptors (Lipinski definition) is 3. The normalized spacial score (nSPS) is 24.5. The third-order valence-electron chi connectivity index (χ3n) is 5.94. The van der Waals surface area contributed by atoms with Gasteiger partial charge in [-0.3, -0.25) is 4.79 Å². The van der Waals surface area contributed by atoms with Gasteiger partial charge < -0.3 is 5.32 Å². The molecular weight excluding hydrogens is 346 g/mol. The molecule has 1 aliphatic carbocycles. The highest BCUT2D eigenvalue weighted by atomic mass is 32.2. The molecule has 0 unspecified atom stereocenters. The summed E-state index contributed by atoms with van der Waals surface area (Å²) >= 11 is 0. The summed E-state index contributed by atoms with van der Waals surface area (Å²) in [6.07, 6.45) is 7.00. The number of rotatable bonds is 5. The number of amides is 1. The zero-order valence-electron chi connectivity index (χ0n) is 15.9. The first-order chi connectivity index (χ1) is 12.4. The summed E-state index contributed by atoms with van der Waals surface area (Å²) in [5, 5.41) is 3.11. The molecule has 1 aromatic rings. The number of nitrogens with one attached hydrogen (secondary N) is 1. The molecule has 3 rings (SSSR count). The molecule has 0 spiro atoms. The lowest BCUT2D eigenvalue weighted by Gasteiger charge is -2.26. The second-order valence-electron chi connectivity index (χ2n) is 8.33. The average molecular weight is 378 g/mol. The molecule has 1 saturated heterocycles. The highest BCUT2D eigenvalue weighted by molar-refractivity contribution is 7.91. The van der Waals surface area contributed by atoms with E-state index in [2.05, 4.69) is 43.4 Å². The number of carbonyl (C=O) groups excluding carboxylic acids is 1. The van der Waals surface area contributed by atoms with Crippen molar-refractivity contribution in [3.8, 4) is 0 Å². The predicted octanol–water partition coefficient (Wildman–Crippen LogP) is 3.98. The smallest absolute Gasteiger partial charge is 0.224 e. The Morgan fingerprint density at radius 1 is 1.04 bits per heavy atom. The quantitative estimate of drug-likeness (QED) is 0.844. The molecule has 0 aromatic heterocycles. The molecule has 1 saturated carbocycles. The van der Waals surface area contributed by atoms with Crippen LogP contribution >= 0.6 is 0 Å². The molecule has 1 heterocycles. The van der Waals surface area contributed by atoms with Crippen molar-refractivity contribution in [2.45, 2.75) is 64.3 Å². The Kier molecular flexibility index (Phi) is 6.06. The maximum atomic E-state index is 12.6. The van der Waals surface area contributed by atoms with E-state index in [4.69, 9.17) is 0 Å². The fourth-order valence-corrected chi connectivity index (χ4v) is 6.06. The molecule has 1 amide bonds. The van der Waals surface area contributed by atoms with Gasteiger partial charge in [0.25, 0.3) is 0 Å². The van der Waals surface area contributed by atoms with Crippen molar-refractivity contribution < 1.29 is 13.2 Å². The van der Waals surface area contributed by atoms with E-state index in [1.165, 1.54) is 37.7 Å². The summed E-state index contributed by atoms with van der Waals surface area (Å²) in [5.74, 6) is 0.521. The van der Waals surface area contributed by atoms with E-state index < -0.39 is 15.8 Å². The summed E-state index contributed by atoms with van der Waals surface area (Å²) < 4.78 is 23.3. The van der Waals surface area contributed by atoms with Crippen molar-refractivity contribution in [2.75, 3.05) is 11.5 Å². The highest BCUT2D eigenvalue weighted by Gasteiger charge is 2.34. The summed E-state index contributed by atoms with van der Waals surface area (Å²) in [4.78, 5) is 12.6. The molecule has 2 atom stereocenters. The van der Waals surface area contributed by atoms with Gasteiger partial charge in [-0.25, -0.2) is 8.42 Å². The first kappa shape index (κ1) is 19.4. The van der Waals surface area contributed by atoms with Crippen LogP contribution in [0.4, 0.5) is 0 Å². The van der Waals surface area contributed by atoms with Crippen molar-refractivity contribution in [1.29, 1.82) is 0 Å². The standard InChI is InChI=1S/C21H31NO3S/c1-15(2)20(22-21(23)19-12-13-26(24,25)14-19)18-10-8-17(9-11-18)16-6-4-3-5-7-16/h8-11,15-16,19-20H,3-7,12-14H2,1-2H3,(H,22,23)/t19-,20-/m1/s1. The minimum absolute atomic E-state index is 0.00966. The number of carbonyl (C=O) groups is 1. The van der Waals surface area contributed by atoms with Crippen molar-refractivity contribution in [1.82, 2.24) is 5.32 Å². The van der Waals surface area contributed by atoms with Crippen molar-refractivity contribution in [2.24, 2.45) is 11.8 Å². The predicted molar refractivity (Wildman–Crippen MR) is 105 cm³/mol. The van der Waals surface area contributed by atoms with E-state index in [0.29, 0.717) is 12.3 Å². The van der Waals surface area contributed by atoms with Crippen LogP contribution in [0.5, 0.6) is 0 Å². The Morgan fingerprint density at radius 2 is 1.69 bits per heavy atom. The van der Waals surface area contributed by atoms with Crippen LogP contribution in [0.15, 0.2) is 24.3 Å². The Morgan fingerprint density at radius 3 is 2.23 bits per heavy atom. The molecule has 2 aliphatic rings. The SMILES string of the molecule is CC(C)[C@@H](NC(=O)[C@@H]1CCS(=O)(=O)C1)c1ccc(C2CCCCC2)cc1. The van der Waals surface area contributed by atoms with Gasteiger partial charge in [0.2, 0.25) is 5.91 Å². The van der Waals surface area contributed by atoms with Crippen molar-refractivity contribution >= 4 is 15.7 Å². The van der Waals surface area contributed by atoms with Gasteiger partial charge in [0.05, 0.1) is 23.5 Å². The molecule has 1 aliphatic heterocycles. The average Bonchev–Trinajstić information content (AvgIpc) is 3.00. The lowest BCUT2D eigenvalue weighted by atomic mass is 9.83. The third-order valence-corrected chi connectivity index (χ3v) is 7.71.